The van der Waals surface area contributed by atoms with E-state index in [2.05, 4.69) is 0 Å². The zero-order valence-corrected chi connectivity index (χ0v) is 9.10. The van der Waals surface area contributed by atoms with Gasteiger partial charge < -0.3 is 5.32 Å². The number of hydrogen-bond donors (Lipinski definition) is 1. The summed E-state index contributed by atoms with van der Waals surface area (Å²) in [6.45, 7) is 0. The fourth-order valence-electron chi connectivity index (χ4n) is 2.09. The van der Waals surface area contributed by atoms with Crippen LogP contribution in [0.3, 0.4) is 0 Å². The quantitative estimate of drug-likeness (QED) is 0.806. The molecule has 0 aliphatic heterocycles. The Morgan fingerprint density at radius 1 is 1.18 bits per heavy atom. The summed E-state index contributed by atoms with van der Waals surface area (Å²) in [5, 5.41) is 1.95. The van der Waals surface area contributed by atoms with E-state index in [4.69, 9.17) is 0 Å². The molecule has 0 saturated heterocycles. The minimum Gasteiger partial charge on any atom is -0.318 e. The van der Waals surface area contributed by atoms with Crippen molar-refractivity contribution in [3.8, 4) is 0 Å². The van der Waals surface area contributed by atoms with Gasteiger partial charge in [-0.25, -0.2) is 0 Å². The first kappa shape index (κ1) is 12.0. The van der Waals surface area contributed by atoms with E-state index >= 15 is 0 Å². The standard InChI is InChI=1S/C12H12F3NO/c13-12(14,15)11(17)16-10-7-3-5-8-4-1-2-6-9(8)10/h3,5,7H,1-2,4,6H2,(H,16,17). The molecule has 1 aromatic carbocycles. The zero-order valence-electron chi connectivity index (χ0n) is 9.10. The van der Waals surface area contributed by atoms with Gasteiger partial charge in [-0.15, -0.1) is 0 Å². The van der Waals surface area contributed by atoms with E-state index in [1.54, 1.807) is 6.07 Å². The van der Waals surface area contributed by atoms with Crippen molar-refractivity contribution in [3.05, 3.63) is 29.3 Å². The van der Waals surface area contributed by atoms with Crippen LogP contribution in [0.15, 0.2) is 18.2 Å². The summed E-state index contributed by atoms with van der Waals surface area (Å²) in [7, 11) is 0. The summed E-state index contributed by atoms with van der Waals surface area (Å²) in [6, 6.07) is 5.10. The molecule has 0 aromatic heterocycles. The van der Waals surface area contributed by atoms with Crippen molar-refractivity contribution in [2.75, 3.05) is 5.32 Å². The molecule has 1 aliphatic carbocycles. The Balaban J connectivity index is 2.25. The van der Waals surface area contributed by atoms with Gasteiger partial charge in [0.25, 0.3) is 0 Å². The molecule has 2 nitrogen and oxygen atoms in total. The molecule has 5 heteroatoms. The van der Waals surface area contributed by atoms with Crippen LogP contribution in [0, 0.1) is 0 Å². The predicted octanol–water partition coefficient (Wildman–Crippen LogP) is 3.07. The van der Waals surface area contributed by atoms with Gasteiger partial charge in [0.05, 0.1) is 0 Å². The highest BCUT2D eigenvalue weighted by molar-refractivity contribution is 5.95. The number of alkyl halides is 3. The first-order valence-corrected chi connectivity index (χ1v) is 5.47. The first-order valence-electron chi connectivity index (χ1n) is 5.47. The van der Waals surface area contributed by atoms with Gasteiger partial charge in [-0.2, -0.15) is 13.2 Å². The van der Waals surface area contributed by atoms with Gasteiger partial charge in [0.1, 0.15) is 0 Å². The lowest BCUT2D eigenvalue weighted by Crippen LogP contribution is -2.30. The monoisotopic (exact) mass is 243 g/mol. The Morgan fingerprint density at radius 2 is 1.88 bits per heavy atom. The van der Waals surface area contributed by atoms with E-state index in [9.17, 15) is 18.0 Å². The Hall–Kier alpha value is -1.52. The van der Waals surface area contributed by atoms with Crippen LogP contribution in [0.5, 0.6) is 0 Å². The van der Waals surface area contributed by atoms with Gasteiger partial charge >= 0.3 is 12.1 Å². The molecule has 0 spiro atoms. The number of carbonyl (C=O) groups excluding carboxylic acids is 1. The largest absolute Gasteiger partial charge is 0.471 e. The molecular formula is C12H12F3NO. The molecule has 2 rings (SSSR count). The van der Waals surface area contributed by atoms with Crippen molar-refractivity contribution in [1.82, 2.24) is 0 Å². The summed E-state index contributed by atoms with van der Waals surface area (Å²) in [4.78, 5) is 10.9. The third-order valence-electron chi connectivity index (χ3n) is 2.90. The maximum absolute atomic E-state index is 12.2. The molecule has 0 atom stereocenters. The number of halogens is 3. The maximum Gasteiger partial charge on any atom is 0.471 e. The van der Waals surface area contributed by atoms with Gasteiger partial charge in [0, 0.05) is 5.69 Å². The number of hydrogen-bond acceptors (Lipinski definition) is 1. The smallest absolute Gasteiger partial charge is 0.318 e. The molecule has 0 fully saturated rings. The van der Waals surface area contributed by atoms with Crippen molar-refractivity contribution in [2.45, 2.75) is 31.9 Å². The van der Waals surface area contributed by atoms with E-state index in [1.807, 2.05) is 11.4 Å². The van der Waals surface area contributed by atoms with Crippen LogP contribution in [0.4, 0.5) is 18.9 Å². The van der Waals surface area contributed by atoms with Crippen LogP contribution >= 0.6 is 0 Å². The highest BCUT2D eigenvalue weighted by Crippen LogP contribution is 2.29. The van der Waals surface area contributed by atoms with Crippen LogP contribution in [0.1, 0.15) is 24.0 Å². The second-order valence-electron chi connectivity index (χ2n) is 4.10. The molecule has 0 bridgehead atoms. The second-order valence-corrected chi connectivity index (χ2v) is 4.10. The Labute approximate surface area is 96.8 Å². The van der Waals surface area contributed by atoms with E-state index in [0.29, 0.717) is 5.69 Å². The lowest BCUT2D eigenvalue weighted by molar-refractivity contribution is -0.167. The Kier molecular flexibility index (Phi) is 3.09. The molecular weight excluding hydrogens is 231 g/mol. The number of amides is 1. The normalized spacial score (nSPS) is 15.2. The molecule has 0 unspecified atom stereocenters. The zero-order chi connectivity index (χ0) is 12.5. The third-order valence-corrected chi connectivity index (χ3v) is 2.90. The Bertz CT molecular complexity index is 440. The van der Waals surface area contributed by atoms with Gasteiger partial charge in [-0.1, -0.05) is 12.1 Å². The fourth-order valence-corrected chi connectivity index (χ4v) is 2.09. The van der Waals surface area contributed by atoms with E-state index in [-0.39, 0.29) is 0 Å². The molecule has 1 aromatic rings. The van der Waals surface area contributed by atoms with Crippen LogP contribution < -0.4 is 5.32 Å². The molecule has 0 saturated carbocycles. The van der Waals surface area contributed by atoms with Gasteiger partial charge in [-0.3, -0.25) is 4.79 Å². The maximum atomic E-state index is 12.2. The lowest BCUT2D eigenvalue weighted by Gasteiger charge is -2.19. The first-order chi connectivity index (χ1) is 7.98. The average Bonchev–Trinajstić information content (AvgIpc) is 2.28. The van der Waals surface area contributed by atoms with Crippen LogP contribution in [0.25, 0.3) is 0 Å². The summed E-state index contributed by atoms with van der Waals surface area (Å²) in [5.74, 6) is -1.91. The highest BCUT2D eigenvalue weighted by atomic mass is 19.4. The van der Waals surface area contributed by atoms with Gasteiger partial charge in [-0.05, 0) is 42.9 Å². The summed E-state index contributed by atoms with van der Waals surface area (Å²) < 4.78 is 36.5. The van der Waals surface area contributed by atoms with Crippen LogP contribution in [-0.4, -0.2) is 12.1 Å². The number of aryl methyl sites for hydroxylation is 1. The molecule has 92 valence electrons. The van der Waals surface area contributed by atoms with E-state index in [1.165, 1.54) is 6.07 Å². The number of rotatable bonds is 1. The molecule has 1 N–H and O–H groups in total. The minimum atomic E-state index is -4.84. The number of fused-ring (bicyclic) bond motifs is 1. The minimum absolute atomic E-state index is 0.296. The van der Waals surface area contributed by atoms with Crippen molar-refractivity contribution in [3.63, 3.8) is 0 Å². The fraction of sp³-hybridized carbons (Fsp3) is 0.417. The van der Waals surface area contributed by atoms with Gasteiger partial charge in [0.2, 0.25) is 0 Å². The number of carbonyl (C=O) groups is 1. The van der Waals surface area contributed by atoms with Crippen LogP contribution in [-0.2, 0) is 17.6 Å². The topological polar surface area (TPSA) is 29.1 Å². The summed E-state index contributed by atoms with van der Waals surface area (Å²) in [5.41, 5.74) is 2.18. The van der Waals surface area contributed by atoms with Crippen molar-refractivity contribution in [1.29, 1.82) is 0 Å². The second kappa shape index (κ2) is 4.39. The van der Waals surface area contributed by atoms with Crippen LogP contribution in [0.2, 0.25) is 0 Å². The van der Waals surface area contributed by atoms with Gasteiger partial charge in [0.15, 0.2) is 0 Å². The summed E-state index contributed by atoms with van der Waals surface area (Å²) >= 11 is 0. The van der Waals surface area contributed by atoms with Crippen molar-refractivity contribution < 1.29 is 18.0 Å². The van der Waals surface area contributed by atoms with E-state index < -0.39 is 12.1 Å². The molecule has 17 heavy (non-hydrogen) atoms. The molecule has 0 radical (unpaired) electrons. The molecule has 1 amide bonds. The molecule has 1 aliphatic rings. The highest BCUT2D eigenvalue weighted by Gasteiger charge is 2.39. The number of anilines is 1. The van der Waals surface area contributed by atoms with Crippen molar-refractivity contribution >= 4 is 11.6 Å². The third kappa shape index (κ3) is 2.60. The lowest BCUT2D eigenvalue weighted by atomic mass is 9.90. The molecule has 0 heterocycles. The van der Waals surface area contributed by atoms with E-state index in [0.717, 1.165) is 36.8 Å². The number of nitrogens with one attached hydrogen (secondary N) is 1. The SMILES string of the molecule is O=C(Nc1cccc2c1CCCC2)C(F)(F)F. The Morgan fingerprint density at radius 3 is 2.59 bits per heavy atom. The average molecular weight is 243 g/mol. The van der Waals surface area contributed by atoms with Crippen molar-refractivity contribution in [2.24, 2.45) is 0 Å². The number of benzene rings is 1. The summed E-state index contributed by atoms with van der Waals surface area (Å²) in [6.07, 6.45) is -1.25. The predicted molar refractivity (Wildman–Crippen MR) is 57.8 cm³/mol.